The van der Waals surface area contributed by atoms with Crippen LogP contribution in [0.4, 0.5) is 23.0 Å². The fraction of sp³-hybridized carbons (Fsp3) is 0.154. The number of rotatable bonds is 5. The molecular weight excluding hydrogens is 226 g/mol. The van der Waals surface area contributed by atoms with E-state index >= 15 is 0 Å². The number of hydrogen-bond donors (Lipinski definition) is 4. The monoisotopic (exact) mass is 243 g/mol. The summed E-state index contributed by atoms with van der Waals surface area (Å²) in [4.78, 5) is 4.15. The van der Waals surface area contributed by atoms with Gasteiger partial charge in [0.25, 0.3) is 0 Å². The molecule has 0 fully saturated rings. The number of benzene rings is 1. The number of anilines is 4. The van der Waals surface area contributed by atoms with Crippen molar-refractivity contribution in [1.29, 1.82) is 0 Å². The van der Waals surface area contributed by atoms with Crippen LogP contribution < -0.4 is 22.1 Å². The Hall–Kier alpha value is -2.43. The summed E-state index contributed by atoms with van der Waals surface area (Å²) in [7, 11) is 0. The Kier molecular flexibility index (Phi) is 3.86. The van der Waals surface area contributed by atoms with Crippen LogP contribution in [0, 0.1) is 0 Å². The molecule has 2 rings (SSSR count). The molecule has 0 atom stereocenters. The average Bonchev–Trinajstić information content (AvgIpc) is 2.37. The van der Waals surface area contributed by atoms with Crippen molar-refractivity contribution in [1.82, 2.24) is 4.98 Å². The molecular formula is C13H17N5. The Balaban J connectivity index is 1.78. The molecule has 0 aliphatic carbocycles. The van der Waals surface area contributed by atoms with Gasteiger partial charge in [0.2, 0.25) is 0 Å². The van der Waals surface area contributed by atoms with Gasteiger partial charge < -0.3 is 22.1 Å². The zero-order chi connectivity index (χ0) is 12.8. The molecule has 1 aromatic heterocycles. The summed E-state index contributed by atoms with van der Waals surface area (Å²) >= 11 is 0. The highest BCUT2D eigenvalue weighted by Gasteiger charge is 1.96. The zero-order valence-electron chi connectivity index (χ0n) is 10.1. The first-order valence-electron chi connectivity index (χ1n) is 5.80. The molecule has 0 aliphatic heterocycles. The molecule has 0 amide bonds. The lowest BCUT2D eigenvalue weighted by atomic mass is 10.3. The lowest BCUT2D eigenvalue weighted by Crippen LogP contribution is -2.15. The largest absolute Gasteiger partial charge is 0.397 e. The zero-order valence-corrected chi connectivity index (χ0v) is 10.1. The number of nitrogen functional groups attached to an aromatic ring is 2. The van der Waals surface area contributed by atoms with Gasteiger partial charge in [0.05, 0.1) is 11.4 Å². The van der Waals surface area contributed by atoms with E-state index in [1.54, 1.807) is 6.07 Å². The van der Waals surface area contributed by atoms with Crippen molar-refractivity contribution >= 4 is 23.0 Å². The summed E-state index contributed by atoms with van der Waals surface area (Å²) in [5.74, 6) is 1.29. The normalized spacial score (nSPS) is 10.0. The van der Waals surface area contributed by atoms with Crippen LogP contribution in [-0.2, 0) is 0 Å². The van der Waals surface area contributed by atoms with Crippen molar-refractivity contribution < 1.29 is 0 Å². The highest BCUT2D eigenvalue weighted by Crippen LogP contribution is 2.15. The van der Waals surface area contributed by atoms with Gasteiger partial charge in [0.15, 0.2) is 0 Å². The number of para-hydroxylation sites is 2. The van der Waals surface area contributed by atoms with E-state index in [0.717, 1.165) is 30.3 Å². The van der Waals surface area contributed by atoms with Gasteiger partial charge in [0.1, 0.15) is 11.6 Å². The van der Waals surface area contributed by atoms with Crippen LogP contribution in [0.15, 0.2) is 42.5 Å². The fourth-order valence-electron chi connectivity index (χ4n) is 1.60. The molecule has 0 aliphatic rings. The average molecular weight is 243 g/mol. The van der Waals surface area contributed by atoms with Gasteiger partial charge in [-0.15, -0.1) is 0 Å². The third-order valence-corrected chi connectivity index (χ3v) is 2.48. The molecule has 2 aromatic rings. The highest BCUT2D eigenvalue weighted by atomic mass is 15.0. The van der Waals surface area contributed by atoms with Crippen molar-refractivity contribution in [3.63, 3.8) is 0 Å². The number of aromatic nitrogens is 1. The van der Waals surface area contributed by atoms with Crippen molar-refractivity contribution in [2.24, 2.45) is 0 Å². The first-order chi connectivity index (χ1) is 8.75. The van der Waals surface area contributed by atoms with E-state index in [9.17, 15) is 0 Å². The first-order valence-corrected chi connectivity index (χ1v) is 5.80. The smallest absolute Gasteiger partial charge is 0.128 e. The molecule has 6 N–H and O–H groups in total. The van der Waals surface area contributed by atoms with Crippen LogP contribution in [0.25, 0.3) is 0 Å². The highest BCUT2D eigenvalue weighted by molar-refractivity contribution is 5.65. The van der Waals surface area contributed by atoms with Gasteiger partial charge >= 0.3 is 0 Å². The second-order valence-electron chi connectivity index (χ2n) is 3.89. The summed E-state index contributed by atoms with van der Waals surface area (Å²) in [5, 5.41) is 6.43. The van der Waals surface area contributed by atoms with E-state index in [2.05, 4.69) is 15.6 Å². The van der Waals surface area contributed by atoms with Crippen LogP contribution in [-0.4, -0.2) is 18.1 Å². The minimum atomic E-state index is 0.514. The van der Waals surface area contributed by atoms with Crippen molar-refractivity contribution in [2.45, 2.75) is 0 Å². The maximum Gasteiger partial charge on any atom is 0.128 e. The van der Waals surface area contributed by atoms with Gasteiger partial charge in [-0.1, -0.05) is 18.2 Å². The molecule has 0 bridgehead atoms. The lowest BCUT2D eigenvalue weighted by Gasteiger charge is -2.10. The summed E-state index contributed by atoms with van der Waals surface area (Å²) in [6, 6.07) is 13.2. The number of nitrogens with one attached hydrogen (secondary N) is 2. The molecule has 5 heteroatoms. The molecule has 0 radical (unpaired) electrons. The van der Waals surface area contributed by atoms with Gasteiger partial charge in [-0.25, -0.2) is 4.98 Å². The van der Waals surface area contributed by atoms with Crippen molar-refractivity contribution in [2.75, 3.05) is 35.2 Å². The Bertz CT molecular complexity index is 512. The molecule has 0 spiro atoms. The summed E-state index contributed by atoms with van der Waals surface area (Å²) in [6.07, 6.45) is 0. The van der Waals surface area contributed by atoms with E-state index in [1.807, 2.05) is 36.4 Å². The molecule has 1 heterocycles. The summed E-state index contributed by atoms with van der Waals surface area (Å²) in [6.45, 7) is 1.50. The topological polar surface area (TPSA) is 89.0 Å². The third-order valence-electron chi connectivity index (χ3n) is 2.48. The molecule has 0 saturated carbocycles. The van der Waals surface area contributed by atoms with E-state index in [4.69, 9.17) is 11.5 Å². The number of hydrogen-bond acceptors (Lipinski definition) is 5. The molecule has 0 unspecified atom stereocenters. The Morgan fingerprint density at radius 3 is 2.44 bits per heavy atom. The lowest BCUT2D eigenvalue weighted by molar-refractivity contribution is 1.06. The van der Waals surface area contributed by atoms with E-state index in [1.165, 1.54) is 0 Å². The van der Waals surface area contributed by atoms with Crippen LogP contribution in [0.1, 0.15) is 0 Å². The van der Waals surface area contributed by atoms with Crippen LogP contribution >= 0.6 is 0 Å². The minimum Gasteiger partial charge on any atom is -0.397 e. The van der Waals surface area contributed by atoms with Crippen molar-refractivity contribution in [3.05, 3.63) is 42.5 Å². The Labute approximate surface area is 106 Å². The van der Waals surface area contributed by atoms with E-state index in [0.29, 0.717) is 5.82 Å². The maximum atomic E-state index is 5.82. The number of nitrogens with zero attached hydrogens (tertiary/aromatic N) is 1. The quantitative estimate of drug-likeness (QED) is 0.475. The maximum absolute atomic E-state index is 5.82. The summed E-state index contributed by atoms with van der Waals surface area (Å²) in [5.41, 5.74) is 13.1. The first kappa shape index (κ1) is 12.0. The van der Waals surface area contributed by atoms with Crippen LogP contribution in [0.3, 0.4) is 0 Å². The predicted octanol–water partition coefficient (Wildman–Crippen LogP) is 1.77. The predicted molar refractivity (Wildman–Crippen MR) is 76.5 cm³/mol. The second kappa shape index (κ2) is 5.77. The van der Waals surface area contributed by atoms with Crippen molar-refractivity contribution in [3.8, 4) is 0 Å². The van der Waals surface area contributed by atoms with E-state index in [-0.39, 0.29) is 0 Å². The van der Waals surface area contributed by atoms with E-state index < -0.39 is 0 Å². The minimum absolute atomic E-state index is 0.514. The number of pyridine rings is 1. The molecule has 5 nitrogen and oxygen atoms in total. The van der Waals surface area contributed by atoms with Gasteiger partial charge in [-0.2, -0.15) is 0 Å². The van der Waals surface area contributed by atoms with Gasteiger partial charge in [-0.3, -0.25) is 0 Å². The van der Waals surface area contributed by atoms with Crippen LogP contribution in [0.2, 0.25) is 0 Å². The van der Waals surface area contributed by atoms with Gasteiger partial charge in [-0.05, 0) is 24.3 Å². The Morgan fingerprint density at radius 2 is 1.67 bits per heavy atom. The van der Waals surface area contributed by atoms with Crippen LogP contribution in [0.5, 0.6) is 0 Å². The third kappa shape index (κ3) is 3.28. The summed E-state index contributed by atoms with van der Waals surface area (Å²) < 4.78 is 0. The standard InChI is InChI=1S/C13H17N5/c14-10-4-1-2-5-11(10)16-8-9-17-13-7-3-6-12(15)18-13/h1-7,16H,8-9,14H2,(H3,15,17,18). The fourth-order valence-corrected chi connectivity index (χ4v) is 1.60. The molecule has 94 valence electrons. The Morgan fingerprint density at radius 1 is 0.889 bits per heavy atom. The molecule has 1 aromatic carbocycles. The van der Waals surface area contributed by atoms with Gasteiger partial charge in [0, 0.05) is 13.1 Å². The SMILES string of the molecule is Nc1cccc(NCCNc2ccccc2N)n1. The number of nitrogens with two attached hydrogens (primary N) is 2. The second-order valence-corrected chi connectivity index (χ2v) is 3.89. The molecule has 0 saturated heterocycles. The molecule has 18 heavy (non-hydrogen) atoms.